The summed E-state index contributed by atoms with van der Waals surface area (Å²) >= 11 is 0. The van der Waals surface area contributed by atoms with Gasteiger partial charge in [-0.2, -0.15) is 0 Å². The van der Waals surface area contributed by atoms with E-state index in [2.05, 4.69) is 9.97 Å². The zero-order valence-corrected chi connectivity index (χ0v) is 8.83. The minimum Gasteiger partial charge on any atom is -0.310 e. The van der Waals surface area contributed by atoms with Gasteiger partial charge in [-0.15, -0.1) is 0 Å². The zero-order valence-electron chi connectivity index (χ0n) is 8.83. The Morgan fingerprint density at radius 2 is 2.12 bits per heavy atom. The number of nitrogens with one attached hydrogen (secondary N) is 1. The summed E-state index contributed by atoms with van der Waals surface area (Å²) in [7, 11) is 0. The number of nitrogens with zero attached hydrogens (tertiary/aromatic N) is 1. The molecule has 1 aromatic heterocycles. The number of halogens is 1. The topological polar surface area (TPSA) is 45.8 Å². The van der Waals surface area contributed by atoms with E-state index in [1.807, 2.05) is 0 Å². The van der Waals surface area contributed by atoms with E-state index in [9.17, 15) is 9.18 Å². The van der Waals surface area contributed by atoms with Crippen molar-refractivity contribution in [2.75, 3.05) is 0 Å². The van der Waals surface area contributed by atoms with Gasteiger partial charge in [0.1, 0.15) is 11.6 Å². The molecular weight excluding hydrogens is 207 g/mol. The minimum atomic E-state index is -0.286. The van der Waals surface area contributed by atoms with Gasteiger partial charge in [-0.1, -0.05) is 18.2 Å². The average molecular weight is 218 g/mol. The summed E-state index contributed by atoms with van der Waals surface area (Å²) in [4.78, 5) is 17.9. The van der Waals surface area contributed by atoms with E-state index in [4.69, 9.17) is 0 Å². The van der Waals surface area contributed by atoms with Crippen molar-refractivity contribution in [1.29, 1.82) is 0 Å². The molecule has 4 heteroatoms. The SMILES string of the molecule is Cc1cc(=O)[nH]c(Cc2ccccc2F)n1. The van der Waals surface area contributed by atoms with E-state index in [0.29, 0.717) is 23.5 Å². The van der Waals surface area contributed by atoms with Crippen LogP contribution in [0, 0.1) is 12.7 Å². The lowest BCUT2D eigenvalue weighted by atomic mass is 10.1. The summed E-state index contributed by atoms with van der Waals surface area (Å²) in [5, 5.41) is 0. The van der Waals surface area contributed by atoms with Crippen molar-refractivity contribution < 1.29 is 4.39 Å². The van der Waals surface area contributed by atoms with E-state index in [0.717, 1.165) is 0 Å². The number of rotatable bonds is 2. The number of H-pyrrole nitrogens is 1. The van der Waals surface area contributed by atoms with Gasteiger partial charge in [0.2, 0.25) is 0 Å². The lowest BCUT2D eigenvalue weighted by molar-refractivity contribution is 0.612. The number of aromatic amines is 1. The standard InChI is InChI=1S/C12H11FN2O/c1-8-6-12(16)15-11(14-8)7-9-4-2-3-5-10(9)13/h2-6H,7H2,1H3,(H,14,15,16). The third-order valence-electron chi connectivity index (χ3n) is 2.23. The van der Waals surface area contributed by atoms with Crippen molar-refractivity contribution >= 4 is 0 Å². The Balaban J connectivity index is 2.34. The highest BCUT2D eigenvalue weighted by molar-refractivity contribution is 5.21. The van der Waals surface area contributed by atoms with Crippen molar-refractivity contribution in [3.8, 4) is 0 Å². The molecule has 0 aliphatic carbocycles. The number of hydrogen-bond acceptors (Lipinski definition) is 2. The second-order valence-corrected chi connectivity index (χ2v) is 3.60. The molecule has 0 radical (unpaired) electrons. The summed E-state index contributed by atoms with van der Waals surface area (Å²) < 4.78 is 13.4. The molecule has 0 amide bonds. The van der Waals surface area contributed by atoms with Crippen molar-refractivity contribution in [1.82, 2.24) is 9.97 Å². The van der Waals surface area contributed by atoms with E-state index in [1.54, 1.807) is 25.1 Å². The molecule has 0 fully saturated rings. The maximum atomic E-state index is 13.4. The van der Waals surface area contributed by atoms with Gasteiger partial charge in [-0.25, -0.2) is 9.37 Å². The number of aromatic nitrogens is 2. The molecule has 0 aliphatic heterocycles. The molecular formula is C12H11FN2O. The first kappa shape index (κ1) is 10.5. The normalized spacial score (nSPS) is 10.4. The molecule has 82 valence electrons. The van der Waals surface area contributed by atoms with Gasteiger partial charge >= 0.3 is 0 Å². The Morgan fingerprint density at radius 3 is 2.81 bits per heavy atom. The van der Waals surface area contributed by atoms with Crippen LogP contribution in [0.3, 0.4) is 0 Å². The first-order valence-corrected chi connectivity index (χ1v) is 4.95. The highest BCUT2D eigenvalue weighted by Gasteiger charge is 2.04. The maximum absolute atomic E-state index is 13.4. The summed E-state index contributed by atoms with van der Waals surface area (Å²) in [5.41, 5.74) is 0.949. The fraction of sp³-hybridized carbons (Fsp3) is 0.167. The first-order chi connectivity index (χ1) is 7.65. The molecule has 2 rings (SSSR count). The predicted molar refractivity (Wildman–Crippen MR) is 58.8 cm³/mol. The summed E-state index contributed by atoms with van der Waals surface area (Å²) in [6.07, 6.45) is 0.295. The van der Waals surface area contributed by atoms with Gasteiger partial charge in [0.15, 0.2) is 0 Å². The van der Waals surface area contributed by atoms with Crippen LogP contribution in [0.2, 0.25) is 0 Å². The Hall–Kier alpha value is -1.97. The van der Waals surface area contributed by atoms with Crippen molar-refractivity contribution in [3.05, 3.63) is 63.6 Å². The summed E-state index contributed by atoms with van der Waals surface area (Å²) in [5.74, 6) is 0.196. The quantitative estimate of drug-likeness (QED) is 0.835. The smallest absolute Gasteiger partial charge is 0.251 e. The Kier molecular flexibility index (Phi) is 2.81. The van der Waals surface area contributed by atoms with Gasteiger partial charge in [0, 0.05) is 18.2 Å². The van der Waals surface area contributed by atoms with Crippen molar-refractivity contribution in [2.45, 2.75) is 13.3 Å². The molecule has 0 saturated carbocycles. The zero-order chi connectivity index (χ0) is 11.5. The molecule has 1 aromatic carbocycles. The molecule has 0 saturated heterocycles. The summed E-state index contributed by atoms with van der Waals surface area (Å²) in [6.45, 7) is 1.74. The fourth-order valence-corrected chi connectivity index (χ4v) is 1.55. The number of benzene rings is 1. The average Bonchev–Trinajstić information content (AvgIpc) is 2.20. The van der Waals surface area contributed by atoms with Crippen LogP contribution in [-0.2, 0) is 6.42 Å². The minimum absolute atomic E-state index is 0.209. The van der Waals surface area contributed by atoms with Crippen LogP contribution in [0.4, 0.5) is 4.39 Å². The van der Waals surface area contributed by atoms with Crippen LogP contribution >= 0.6 is 0 Å². The van der Waals surface area contributed by atoms with Crippen molar-refractivity contribution in [2.24, 2.45) is 0 Å². The summed E-state index contributed by atoms with van der Waals surface area (Å²) in [6, 6.07) is 7.86. The predicted octanol–water partition coefficient (Wildman–Crippen LogP) is 1.81. The van der Waals surface area contributed by atoms with Crippen LogP contribution in [-0.4, -0.2) is 9.97 Å². The third-order valence-corrected chi connectivity index (χ3v) is 2.23. The maximum Gasteiger partial charge on any atom is 0.251 e. The monoisotopic (exact) mass is 218 g/mol. The largest absolute Gasteiger partial charge is 0.310 e. The van der Waals surface area contributed by atoms with Gasteiger partial charge in [0.05, 0.1) is 0 Å². The van der Waals surface area contributed by atoms with Gasteiger partial charge in [-0.05, 0) is 18.6 Å². The van der Waals surface area contributed by atoms with Crippen LogP contribution in [0.25, 0.3) is 0 Å². The Morgan fingerprint density at radius 1 is 1.38 bits per heavy atom. The lowest BCUT2D eigenvalue weighted by Gasteiger charge is -2.03. The van der Waals surface area contributed by atoms with E-state index in [1.165, 1.54) is 12.1 Å². The van der Waals surface area contributed by atoms with E-state index >= 15 is 0 Å². The molecule has 2 aromatic rings. The number of aryl methyl sites for hydroxylation is 1. The van der Waals surface area contributed by atoms with Gasteiger partial charge < -0.3 is 4.98 Å². The lowest BCUT2D eigenvalue weighted by Crippen LogP contribution is -2.12. The molecule has 3 nitrogen and oxygen atoms in total. The molecule has 0 bridgehead atoms. The molecule has 0 spiro atoms. The molecule has 0 atom stereocenters. The second-order valence-electron chi connectivity index (χ2n) is 3.60. The highest BCUT2D eigenvalue weighted by atomic mass is 19.1. The molecule has 0 aliphatic rings. The van der Waals surface area contributed by atoms with Gasteiger partial charge in [-0.3, -0.25) is 4.79 Å². The van der Waals surface area contributed by atoms with Crippen LogP contribution < -0.4 is 5.56 Å². The fourth-order valence-electron chi connectivity index (χ4n) is 1.55. The van der Waals surface area contributed by atoms with E-state index in [-0.39, 0.29) is 11.4 Å². The first-order valence-electron chi connectivity index (χ1n) is 4.95. The second kappa shape index (κ2) is 4.26. The molecule has 1 N–H and O–H groups in total. The number of hydrogen-bond donors (Lipinski definition) is 1. The molecule has 1 heterocycles. The molecule has 16 heavy (non-hydrogen) atoms. The Bertz CT molecular complexity index is 563. The van der Waals surface area contributed by atoms with Crippen LogP contribution in [0.5, 0.6) is 0 Å². The Labute approximate surface area is 92.0 Å². The van der Waals surface area contributed by atoms with Crippen LogP contribution in [0.1, 0.15) is 17.1 Å². The highest BCUT2D eigenvalue weighted by Crippen LogP contribution is 2.09. The van der Waals surface area contributed by atoms with E-state index < -0.39 is 0 Å². The van der Waals surface area contributed by atoms with Gasteiger partial charge in [0.25, 0.3) is 5.56 Å². The van der Waals surface area contributed by atoms with Crippen LogP contribution in [0.15, 0.2) is 35.1 Å². The molecule has 0 unspecified atom stereocenters. The third kappa shape index (κ3) is 2.34. The van der Waals surface area contributed by atoms with Crippen molar-refractivity contribution in [3.63, 3.8) is 0 Å².